The van der Waals surface area contributed by atoms with E-state index >= 15 is 0 Å². The lowest BCUT2D eigenvalue weighted by Gasteiger charge is -2.16. The number of nitrogens with one attached hydrogen (secondary N) is 2. The summed E-state index contributed by atoms with van der Waals surface area (Å²) in [6, 6.07) is 14.6. The number of guanidine groups is 1. The van der Waals surface area contributed by atoms with Gasteiger partial charge in [0.1, 0.15) is 5.75 Å². The SMILES string of the molecule is CCNC(=NCc1ccc(C)cc1OCC1CCOC1)NCc1ccccc1-n1ccnc1.I. The lowest BCUT2D eigenvalue weighted by Crippen LogP contribution is -2.37. The number of imidazole rings is 1. The molecule has 0 amide bonds. The van der Waals surface area contributed by atoms with Crippen LogP contribution in [-0.4, -0.2) is 41.9 Å². The number of aliphatic imine (C=N–C) groups is 1. The maximum absolute atomic E-state index is 6.18. The van der Waals surface area contributed by atoms with Crippen molar-refractivity contribution in [3.8, 4) is 11.4 Å². The number of halogens is 1. The van der Waals surface area contributed by atoms with Crippen LogP contribution in [0.2, 0.25) is 0 Å². The maximum atomic E-state index is 6.18. The Balaban J connectivity index is 0.00000324. The van der Waals surface area contributed by atoms with Crippen molar-refractivity contribution in [1.29, 1.82) is 0 Å². The van der Waals surface area contributed by atoms with Gasteiger partial charge in [-0.3, -0.25) is 0 Å². The number of ether oxygens (including phenoxy) is 2. The highest BCUT2D eigenvalue weighted by Crippen LogP contribution is 2.23. The van der Waals surface area contributed by atoms with Crippen LogP contribution in [0.4, 0.5) is 0 Å². The number of hydrogen-bond acceptors (Lipinski definition) is 4. The van der Waals surface area contributed by atoms with Gasteiger partial charge in [0, 0.05) is 43.6 Å². The number of hydrogen-bond donors (Lipinski definition) is 2. The molecule has 8 heteroatoms. The second-order valence-corrected chi connectivity index (χ2v) is 8.30. The Morgan fingerprint density at radius 1 is 1.21 bits per heavy atom. The third-order valence-electron chi connectivity index (χ3n) is 5.69. The molecule has 34 heavy (non-hydrogen) atoms. The van der Waals surface area contributed by atoms with Crippen molar-refractivity contribution in [1.82, 2.24) is 20.2 Å². The Labute approximate surface area is 219 Å². The summed E-state index contributed by atoms with van der Waals surface area (Å²) in [5.74, 6) is 2.15. The van der Waals surface area contributed by atoms with Crippen molar-refractivity contribution in [3.05, 3.63) is 77.9 Å². The van der Waals surface area contributed by atoms with Crippen LogP contribution in [0.5, 0.6) is 5.75 Å². The Kier molecular flexibility index (Phi) is 10.2. The molecule has 1 aliphatic heterocycles. The third-order valence-corrected chi connectivity index (χ3v) is 5.69. The van der Waals surface area contributed by atoms with Crippen molar-refractivity contribution in [2.45, 2.75) is 33.4 Å². The van der Waals surface area contributed by atoms with Crippen molar-refractivity contribution in [2.75, 3.05) is 26.4 Å². The van der Waals surface area contributed by atoms with E-state index in [9.17, 15) is 0 Å². The van der Waals surface area contributed by atoms with Crippen LogP contribution in [-0.2, 0) is 17.8 Å². The van der Waals surface area contributed by atoms with Crippen LogP contribution < -0.4 is 15.4 Å². The van der Waals surface area contributed by atoms with Crippen LogP contribution in [0.15, 0.2) is 66.2 Å². The lowest BCUT2D eigenvalue weighted by atomic mass is 10.1. The smallest absolute Gasteiger partial charge is 0.191 e. The van der Waals surface area contributed by atoms with Gasteiger partial charge in [-0.25, -0.2) is 9.98 Å². The molecule has 1 saturated heterocycles. The topological polar surface area (TPSA) is 72.7 Å². The first kappa shape index (κ1) is 26.0. The Bertz CT molecular complexity index is 1050. The molecular weight excluding hydrogens is 541 g/mol. The fourth-order valence-electron chi connectivity index (χ4n) is 3.85. The van der Waals surface area contributed by atoms with E-state index in [-0.39, 0.29) is 24.0 Å². The Morgan fingerprint density at radius 3 is 2.85 bits per heavy atom. The van der Waals surface area contributed by atoms with Crippen molar-refractivity contribution in [2.24, 2.45) is 10.9 Å². The zero-order valence-corrected chi connectivity index (χ0v) is 22.2. The molecule has 2 N–H and O–H groups in total. The van der Waals surface area contributed by atoms with Gasteiger partial charge in [-0.15, -0.1) is 24.0 Å². The molecule has 0 saturated carbocycles. The summed E-state index contributed by atoms with van der Waals surface area (Å²) in [7, 11) is 0. The average molecular weight is 575 g/mol. The van der Waals surface area contributed by atoms with Gasteiger partial charge >= 0.3 is 0 Å². The van der Waals surface area contributed by atoms with Gasteiger partial charge in [-0.1, -0.05) is 30.3 Å². The lowest BCUT2D eigenvalue weighted by molar-refractivity contribution is 0.166. The van der Waals surface area contributed by atoms with Gasteiger partial charge in [0.15, 0.2) is 5.96 Å². The zero-order chi connectivity index (χ0) is 22.9. The van der Waals surface area contributed by atoms with E-state index in [1.165, 1.54) is 11.1 Å². The normalized spacial score (nSPS) is 15.6. The zero-order valence-electron chi connectivity index (χ0n) is 19.9. The van der Waals surface area contributed by atoms with E-state index in [1.54, 1.807) is 6.20 Å². The molecule has 2 aromatic carbocycles. The minimum atomic E-state index is 0. The molecule has 4 rings (SSSR count). The molecule has 3 aromatic rings. The van der Waals surface area contributed by atoms with E-state index in [4.69, 9.17) is 14.5 Å². The third kappa shape index (κ3) is 7.20. The molecule has 182 valence electrons. The molecule has 1 atom stereocenters. The molecule has 0 bridgehead atoms. The number of aromatic nitrogens is 2. The minimum Gasteiger partial charge on any atom is -0.493 e. The first-order valence-electron chi connectivity index (χ1n) is 11.6. The van der Waals surface area contributed by atoms with Crippen molar-refractivity contribution in [3.63, 3.8) is 0 Å². The fourth-order valence-corrected chi connectivity index (χ4v) is 3.85. The van der Waals surface area contributed by atoms with Gasteiger partial charge in [0.2, 0.25) is 0 Å². The predicted molar refractivity (Wildman–Crippen MR) is 146 cm³/mol. The predicted octanol–water partition coefficient (Wildman–Crippen LogP) is 4.47. The summed E-state index contributed by atoms with van der Waals surface area (Å²) in [6.45, 7) is 8.43. The van der Waals surface area contributed by atoms with Gasteiger partial charge in [-0.05, 0) is 43.5 Å². The summed E-state index contributed by atoms with van der Waals surface area (Å²) in [6.07, 6.45) is 6.62. The van der Waals surface area contributed by atoms with Crippen LogP contribution in [0.25, 0.3) is 5.69 Å². The van der Waals surface area contributed by atoms with Crippen molar-refractivity contribution >= 4 is 29.9 Å². The summed E-state index contributed by atoms with van der Waals surface area (Å²) in [4.78, 5) is 9.00. The molecule has 0 spiro atoms. The maximum Gasteiger partial charge on any atom is 0.191 e. The Morgan fingerprint density at radius 2 is 2.09 bits per heavy atom. The van der Waals surface area contributed by atoms with Gasteiger partial charge in [0.05, 0.1) is 31.8 Å². The highest BCUT2D eigenvalue weighted by Gasteiger charge is 2.17. The van der Waals surface area contributed by atoms with E-state index < -0.39 is 0 Å². The molecule has 2 heterocycles. The van der Waals surface area contributed by atoms with E-state index in [0.29, 0.717) is 25.6 Å². The molecular formula is C26H34IN5O2. The summed E-state index contributed by atoms with van der Waals surface area (Å²) < 4.78 is 13.7. The molecule has 0 radical (unpaired) electrons. The second kappa shape index (κ2) is 13.3. The highest BCUT2D eigenvalue weighted by atomic mass is 127. The van der Waals surface area contributed by atoms with E-state index in [1.807, 2.05) is 29.2 Å². The fraction of sp³-hybridized carbons (Fsp3) is 0.385. The monoisotopic (exact) mass is 575 g/mol. The number of aryl methyl sites for hydroxylation is 1. The van der Waals surface area contributed by atoms with Crippen LogP contribution in [0, 0.1) is 12.8 Å². The minimum absolute atomic E-state index is 0. The molecule has 1 aliphatic rings. The van der Waals surface area contributed by atoms with E-state index in [0.717, 1.165) is 49.1 Å². The molecule has 1 fully saturated rings. The van der Waals surface area contributed by atoms with Crippen LogP contribution in [0.3, 0.4) is 0 Å². The summed E-state index contributed by atoms with van der Waals surface area (Å²) in [5.41, 5.74) is 4.53. The molecule has 1 aromatic heterocycles. The van der Waals surface area contributed by atoms with Crippen LogP contribution in [0.1, 0.15) is 30.0 Å². The second-order valence-electron chi connectivity index (χ2n) is 8.30. The standard InChI is InChI=1S/C26H33N5O2.HI/c1-3-28-26(29-15-22-6-4-5-7-24(22)31-12-11-27-19-31)30-16-23-9-8-20(2)14-25(23)33-18-21-10-13-32-17-21;/h4-9,11-12,14,19,21H,3,10,13,15-18H2,1-2H3,(H2,28,29,30);1H. The highest BCUT2D eigenvalue weighted by molar-refractivity contribution is 14.0. The summed E-state index contributed by atoms with van der Waals surface area (Å²) >= 11 is 0. The largest absolute Gasteiger partial charge is 0.493 e. The van der Waals surface area contributed by atoms with Gasteiger partial charge < -0.3 is 24.7 Å². The van der Waals surface area contributed by atoms with E-state index in [2.05, 4.69) is 59.8 Å². The summed E-state index contributed by atoms with van der Waals surface area (Å²) in [5, 5.41) is 6.81. The number of para-hydroxylation sites is 1. The van der Waals surface area contributed by atoms with Crippen LogP contribution >= 0.6 is 24.0 Å². The molecule has 7 nitrogen and oxygen atoms in total. The Hall–Kier alpha value is -2.59. The first-order valence-corrected chi connectivity index (χ1v) is 11.6. The van der Waals surface area contributed by atoms with Gasteiger partial charge in [-0.2, -0.15) is 0 Å². The number of benzene rings is 2. The average Bonchev–Trinajstić information content (AvgIpc) is 3.55. The first-order chi connectivity index (χ1) is 16.2. The number of nitrogens with zero attached hydrogens (tertiary/aromatic N) is 3. The van der Waals surface area contributed by atoms with Crippen molar-refractivity contribution < 1.29 is 9.47 Å². The van der Waals surface area contributed by atoms with Gasteiger partial charge in [0.25, 0.3) is 0 Å². The number of rotatable bonds is 9. The quantitative estimate of drug-likeness (QED) is 0.224. The molecule has 1 unspecified atom stereocenters. The molecule has 0 aliphatic carbocycles.